The molecule has 2 aliphatic heterocycles. The summed E-state index contributed by atoms with van der Waals surface area (Å²) in [5, 5.41) is 0. The molecular formula is C22H24O6. The Bertz CT molecular complexity index is 889. The first kappa shape index (κ1) is 17.6. The Morgan fingerprint density at radius 2 is 2.14 bits per heavy atom. The van der Waals surface area contributed by atoms with Gasteiger partial charge in [0.15, 0.2) is 24.1 Å². The summed E-state index contributed by atoms with van der Waals surface area (Å²) in [6, 6.07) is 3.98. The Kier molecular flexibility index (Phi) is 3.78. The average Bonchev–Trinajstić information content (AvgIpc) is 3.28. The van der Waals surface area contributed by atoms with E-state index >= 15 is 0 Å². The summed E-state index contributed by atoms with van der Waals surface area (Å²) in [6.07, 6.45) is 5.47. The second-order valence-electron chi connectivity index (χ2n) is 8.22. The zero-order chi connectivity index (χ0) is 19.5. The number of hydrogen-bond acceptors (Lipinski definition) is 6. The SMILES string of the molecule is C=CC[C@@]12C[C@]3(C[C@H](C)[C@@H]1c1cc(OC)c4c(c1)OCO4)OCOC3=CC2=O. The molecule has 0 N–H and O–H groups in total. The van der Waals surface area contributed by atoms with Gasteiger partial charge in [-0.2, -0.15) is 0 Å². The number of rotatable bonds is 4. The number of hydrogen-bond donors (Lipinski definition) is 0. The first-order chi connectivity index (χ1) is 13.5. The second kappa shape index (κ2) is 6.01. The third-order valence-corrected chi connectivity index (χ3v) is 6.72. The number of allylic oxidation sites excluding steroid dienone is 2. The van der Waals surface area contributed by atoms with Crippen molar-refractivity contribution in [3.63, 3.8) is 0 Å². The molecule has 6 heteroatoms. The number of ether oxygens (including phenoxy) is 5. The van der Waals surface area contributed by atoms with Crippen molar-refractivity contribution in [3.05, 3.63) is 42.2 Å². The van der Waals surface area contributed by atoms with Crippen LogP contribution < -0.4 is 14.2 Å². The summed E-state index contributed by atoms with van der Waals surface area (Å²) in [7, 11) is 1.62. The van der Waals surface area contributed by atoms with Gasteiger partial charge in [0.05, 0.1) is 7.11 Å². The number of benzene rings is 1. The molecule has 0 unspecified atom stereocenters. The Labute approximate surface area is 164 Å². The van der Waals surface area contributed by atoms with Crippen molar-refractivity contribution in [2.24, 2.45) is 11.3 Å². The number of fused-ring (bicyclic) bond motifs is 2. The molecule has 2 heterocycles. The minimum atomic E-state index is -0.630. The van der Waals surface area contributed by atoms with E-state index in [0.717, 1.165) is 12.0 Å². The van der Waals surface area contributed by atoms with Crippen LogP contribution in [-0.2, 0) is 14.3 Å². The van der Waals surface area contributed by atoms with Crippen molar-refractivity contribution in [2.75, 3.05) is 20.7 Å². The van der Waals surface area contributed by atoms with E-state index < -0.39 is 11.0 Å². The van der Waals surface area contributed by atoms with Crippen LogP contribution in [0.15, 0.2) is 36.6 Å². The third-order valence-electron chi connectivity index (χ3n) is 6.72. The molecule has 4 aliphatic rings. The quantitative estimate of drug-likeness (QED) is 0.738. The molecule has 1 aromatic rings. The molecule has 2 aliphatic carbocycles. The summed E-state index contributed by atoms with van der Waals surface area (Å²) < 4.78 is 28.4. The van der Waals surface area contributed by atoms with Gasteiger partial charge in [0.2, 0.25) is 12.5 Å². The third kappa shape index (κ3) is 2.21. The molecule has 0 amide bonds. The molecule has 5 rings (SSSR count). The molecule has 28 heavy (non-hydrogen) atoms. The lowest BCUT2D eigenvalue weighted by molar-refractivity contribution is -0.141. The van der Waals surface area contributed by atoms with Crippen LogP contribution in [-0.4, -0.2) is 32.1 Å². The minimum Gasteiger partial charge on any atom is -0.493 e. The van der Waals surface area contributed by atoms with Crippen LogP contribution in [0.1, 0.15) is 37.7 Å². The molecule has 6 nitrogen and oxygen atoms in total. The number of carbonyl (C=O) groups excluding carboxylic acids is 1. The second-order valence-corrected chi connectivity index (χ2v) is 8.22. The predicted molar refractivity (Wildman–Crippen MR) is 100 cm³/mol. The van der Waals surface area contributed by atoms with E-state index in [9.17, 15) is 4.79 Å². The Morgan fingerprint density at radius 1 is 1.29 bits per heavy atom. The first-order valence-corrected chi connectivity index (χ1v) is 9.65. The van der Waals surface area contributed by atoms with E-state index in [0.29, 0.717) is 35.8 Å². The van der Waals surface area contributed by atoms with Gasteiger partial charge < -0.3 is 23.7 Å². The summed E-state index contributed by atoms with van der Waals surface area (Å²) in [5.74, 6) is 2.85. The molecule has 4 atom stereocenters. The van der Waals surface area contributed by atoms with Crippen molar-refractivity contribution in [3.8, 4) is 17.2 Å². The van der Waals surface area contributed by atoms with E-state index in [1.54, 1.807) is 13.2 Å². The zero-order valence-corrected chi connectivity index (χ0v) is 16.2. The normalized spacial score (nSPS) is 35.1. The van der Waals surface area contributed by atoms with Gasteiger partial charge in [0.25, 0.3) is 0 Å². The lowest BCUT2D eigenvalue weighted by Gasteiger charge is -2.54. The van der Waals surface area contributed by atoms with Crippen molar-refractivity contribution < 1.29 is 28.5 Å². The highest BCUT2D eigenvalue weighted by Crippen LogP contribution is 2.63. The van der Waals surface area contributed by atoms with Crippen molar-refractivity contribution in [1.29, 1.82) is 0 Å². The van der Waals surface area contributed by atoms with Crippen LogP contribution >= 0.6 is 0 Å². The monoisotopic (exact) mass is 384 g/mol. The summed E-state index contributed by atoms with van der Waals surface area (Å²) >= 11 is 0. The van der Waals surface area contributed by atoms with Crippen LogP contribution in [0.25, 0.3) is 0 Å². The molecule has 1 spiro atoms. The van der Waals surface area contributed by atoms with Crippen LogP contribution in [0.3, 0.4) is 0 Å². The standard InChI is InChI=1S/C22H24O6/c1-4-5-21-10-22(18(8-17(21)23)26-12-28-22)9-13(2)19(21)14-6-15(24-3)20-16(7-14)25-11-27-20/h4,6-8,13,19H,1,5,9-12H2,2-3H3/t13-,19+,21-,22-/m0/s1. The molecule has 2 bridgehead atoms. The topological polar surface area (TPSA) is 63.2 Å². The van der Waals surface area contributed by atoms with Crippen molar-refractivity contribution >= 4 is 5.78 Å². The van der Waals surface area contributed by atoms with E-state index in [2.05, 4.69) is 13.5 Å². The van der Waals surface area contributed by atoms with Gasteiger partial charge in [0, 0.05) is 17.4 Å². The lowest BCUT2D eigenvalue weighted by Crippen LogP contribution is -2.55. The number of ketones is 1. The summed E-state index contributed by atoms with van der Waals surface area (Å²) in [6.45, 7) is 6.50. The average molecular weight is 384 g/mol. The lowest BCUT2D eigenvalue weighted by atomic mass is 9.50. The molecule has 148 valence electrons. The maximum Gasteiger partial charge on any atom is 0.231 e. The molecule has 1 saturated carbocycles. The van der Waals surface area contributed by atoms with Crippen molar-refractivity contribution in [2.45, 2.75) is 37.7 Å². The molecule has 0 aromatic heterocycles. The summed E-state index contributed by atoms with van der Waals surface area (Å²) in [4.78, 5) is 13.4. The maximum atomic E-state index is 13.4. The van der Waals surface area contributed by atoms with Gasteiger partial charge in [-0.3, -0.25) is 4.79 Å². The van der Waals surface area contributed by atoms with Gasteiger partial charge in [-0.15, -0.1) is 6.58 Å². The largest absolute Gasteiger partial charge is 0.493 e. The fourth-order valence-corrected chi connectivity index (χ4v) is 5.79. The van der Waals surface area contributed by atoms with Crippen LogP contribution in [0, 0.1) is 11.3 Å². The molecule has 1 aromatic carbocycles. The van der Waals surface area contributed by atoms with Gasteiger partial charge in [-0.1, -0.05) is 13.0 Å². The Morgan fingerprint density at radius 3 is 2.93 bits per heavy atom. The van der Waals surface area contributed by atoms with Crippen LogP contribution in [0.5, 0.6) is 17.2 Å². The molecule has 2 fully saturated rings. The van der Waals surface area contributed by atoms with Crippen molar-refractivity contribution in [1.82, 2.24) is 0 Å². The van der Waals surface area contributed by atoms with Gasteiger partial charge in [0.1, 0.15) is 11.4 Å². The van der Waals surface area contributed by atoms with Gasteiger partial charge >= 0.3 is 0 Å². The molecular weight excluding hydrogens is 360 g/mol. The number of methoxy groups -OCH3 is 1. The highest BCUT2D eigenvalue weighted by molar-refractivity contribution is 5.98. The minimum absolute atomic E-state index is 0.0194. The highest BCUT2D eigenvalue weighted by Gasteiger charge is 2.63. The van der Waals surface area contributed by atoms with E-state index in [1.165, 1.54) is 0 Å². The molecule has 1 saturated heterocycles. The van der Waals surface area contributed by atoms with Crippen LogP contribution in [0.4, 0.5) is 0 Å². The molecule has 0 radical (unpaired) electrons. The zero-order valence-electron chi connectivity index (χ0n) is 16.2. The predicted octanol–water partition coefficient (Wildman–Crippen LogP) is 3.71. The van der Waals surface area contributed by atoms with E-state index in [4.69, 9.17) is 23.7 Å². The van der Waals surface area contributed by atoms with Crippen LogP contribution in [0.2, 0.25) is 0 Å². The van der Waals surface area contributed by atoms with E-state index in [1.807, 2.05) is 18.2 Å². The number of carbonyl (C=O) groups is 1. The smallest absolute Gasteiger partial charge is 0.231 e. The van der Waals surface area contributed by atoms with Gasteiger partial charge in [-0.25, -0.2) is 0 Å². The Hall–Kier alpha value is -2.47. The van der Waals surface area contributed by atoms with E-state index in [-0.39, 0.29) is 31.2 Å². The first-order valence-electron chi connectivity index (χ1n) is 9.65. The fourth-order valence-electron chi connectivity index (χ4n) is 5.79. The fraction of sp³-hybridized carbons (Fsp3) is 0.500. The van der Waals surface area contributed by atoms with Gasteiger partial charge in [-0.05, 0) is 42.9 Å². The summed E-state index contributed by atoms with van der Waals surface area (Å²) in [5.41, 5.74) is -0.114. The maximum absolute atomic E-state index is 13.4. The highest BCUT2D eigenvalue weighted by atomic mass is 16.7. The Balaban J connectivity index is 1.67.